The number of para-hydroxylation sites is 1. The van der Waals surface area contributed by atoms with Crippen molar-refractivity contribution in [1.29, 1.82) is 0 Å². The number of nitrogens with zero attached hydrogens (tertiary/aromatic N) is 2. The minimum absolute atomic E-state index is 0.00422. The average molecular weight is 398 g/mol. The Morgan fingerprint density at radius 3 is 2.43 bits per heavy atom. The van der Waals surface area contributed by atoms with Crippen molar-refractivity contribution in [2.45, 2.75) is 11.8 Å². The summed E-state index contributed by atoms with van der Waals surface area (Å²) in [6.07, 6.45) is 1.47. The van der Waals surface area contributed by atoms with E-state index in [-0.39, 0.29) is 23.4 Å². The van der Waals surface area contributed by atoms with E-state index >= 15 is 0 Å². The van der Waals surface area contributed by atoms with E-state index in [2.05, 4.69) is 20.0 Å². The van der Waals surface area contributed by atoms with Crippen LogP contribution in [0, 0.1) is 6.92 Å². The van der Waals surface area contributed by atoms with Gasteiger partial charge in [-0.25, -0.2) is 23.1 Å². The molecule has 0 saturated carbocycles. The minimum Gasteiger partial charge on any atom is -0.484 e. The van der Waals surface area contributed by atoms with Crippen molar-refractivity contribution in [2.24, 2.45) is 0 Å². The van der Waals surface area contributed by atoms with Crippen molar-refractivity contribution in [3.05, 3.63) is 72.6 Å². The number of ether oxygens (including phenoxy) is 1. The highest BCUT2D eigenvalue weighted by molar-refractivity contribution is 7.92. The standard InChI is InChI=1S/C19H18N4O4S/c1-14-11-12-20-19(21-14)23-28(25,26)17-9-7-15(8-10-17)22-18(24)13-27-16-5-3-2-4-6-16/h2-12H,13H2,1H3,(H,22,24)(H,20,21,23). The maximum absolute atomic E-state index is 12.4. The summed E-state index contributed by atoms with van der Waals surface area (Å²) in [5.74, 6) is 0.227. The van der Waals surface area contributed by atoms with Crippen molar-refractivity contribution in [1.82, 2.24) is 9.97 Å². The lowest BCUT2D eigenvalue weighted by Crippen LogP contribution is -2.20. The molecule has 3 rings (SSSR count). The Morgan fingerprint density at radius 1 is 1.04 bits per heavy atom. The third-order valence-corrected chi connectivity index (χ3v) is 4.93. The smallest absolute Gasteiger partial charge is 0.264 e. The third-order valence-electron chi connectivity index (χ3n) is 3.58. The van der Waals surface area contributed by atoms with Crippen LogP contribution >= 0.6 is 0 Å². The molecule has 0 unspecified atom stereocenters. The molecule has 144 valence electrons. The second-order valence-corrected chi connectivity index (χ2v) is 7.48. The molecule has 0 aliphatic rings. The molecule has 8 nitrogen and oxygen atoms in total. The molecular weight excluding hydrogens is 380 g/mol. The SMILES string of the molecule is Cc1ccnc(NS(=O)(=O)c2ccc(NC(=O)COc3ccccc3)cc2)n1. The minimum atomic E-state index is -3.83. The predicted octanol–water partition coefficient (Wildman–Crippen LogP) is 2.60. The first-order valence-electron chi connectivity index (χ1n) is 8.33. The zero-order chi connectivity index (χ0) is 20.0. The maximum atomic E-state index is 12.4. The lowest BCUT2D eigenvalue weighted by molar-refractivity contribution is -0.118. The molecule has 0 bridgehead atoms. The molecule has 0 radical (unpaired) electrons. The number of benzene rings is 2. The Bertz CT molecular complexity index is 1050. The molecular formula is C19H18N4O4S. The molecule has 9 heteroatoms. The van der Waals surface area contributed by atoms with Gasteiger partial charge in [0.15, 0.2) is 6.61 Å². The summed E-state index contributed by atoms with van der Waals surface area (Å²) in [6, 6.07) is 16.4. The van der Waals surface area contributed by atoms with E-state index in [0.717, 1.165) is 0 Å². The van der Waals surface area contributed by atoms with Crippen LogP contribution in [0.5, 0.6) is 5.75 Å². The van der Waals surface area contributed by atoms with Gasteiger partial charge in [0.1, 0.15) is 5.75 Å². The molecule has 0 atom stereocenters. The van der Waals surface area contributed by atoms with Gasteiger partial charge in [-0.15, -0.1) is 0 Å². The van der Waals surface area contributed by atoms with E-state index in [0.29, 0.717) is 17.1 Å². The van der Waals surface area contributed by atoms with Crippen LogP contribution in [0.1, 0.15) is 5.69 Å². The molecule has 0 spiro atoms. The lowest BCUT2D eigenvalue weighted by Gasteiger charge is -2.09. The first-order chi connectivity index (χ1) is 13.4. The van der Waals surface area contributed by atoms with Crippen molar-refractivity contribution in [3.63, 3.8) is 0 Å². The Morgan fingerprint density at radius 2 is 1.75 bits per heavy atom. The van der Waals surface area contributed by atoms with Gasteiger partial charge in [-0.2, -0.15) is 0 Å². The summed E-state index contributed by atoms with van der Waals surface area (Å²) in [4.78, 5) is 19.9. The molecule has 1 heterocycles. The molecule has 1 amide bonds. The predicted molar refractivity (Wildman–Crippen MR) is 105 cm³/mol. The van der Waals surface area contributed by atoms with Crippen molar-refractivity contribution in [3.8, 4) is 5.75 Å². The van der Waals surface area contributed by atoms with E-state index in [1.807, 2.05) is 18.2 Å². The quantitative estimate of drug-likeness (QED) is 0.633. The number of rotatable bonds is 7. The zero-order valence-electron chi connectivity index (χ0n) is 15.0. The number of amides is 1. The highest BCUT2D eigenvalue weighted by atomic mass is 32.2. The number of sulfonamides is 1. The molecule has 28 heavy (non-hydrogen) atoms. The lowest BCUT2D eigenvalue weighted by atomic mass is 10.3. The van der Waals surface area contributed by atoms with Crippen LogP contribution in [0.25, 0.3) is 0 Å². The largest absolute Gasteiger partial charge is 0.484 e. The molecule has 0 aliphatic carbocycles. The summed E-state index contributed by atoms with van der Waals surface area (Å²) < 4.78 is 32.5. The van der Waals surface area contributed by atoms with Crippen LogP contribution in [-0.2, 0) is 14.8 Å². The van der Waals surface area contributed by atoms with Gasteiger partial charge in [-0.1, -0.05) is 18.2 Å². The number of nitrogens with one attached hydrogen (secondary N) is 2. The van der Waals surface area contributed by atoms with E-state index in [9.17, 15) is 13.2 Å². The van der Waals surface area contributed by atoms with Crippen LogP contribution in [0.2, 0.25) is 0 Å². The van der Waals surface area contributed by atoms with Gasteiger partial charge in [0.05, 0.1) is 4.90 Å². The van der Waals surface area contributed by atoms with Gasteiger partial charge >= 0.3 is 0 Å². The average Bonchev–Trinajstić information content (AvgIpc) is 2.67. The number of anilines is 2. The number of hydrogen-bond acceptors (Lipinski definition) is 6. The second kappa shape index (κ2) is 8.49. The number of carbonyl (C=O) groups is 1. The number of hydrogen-bond donors (Lipinski definition) is 2. The summed E-state index contributed by atoms with van der Waals surface area (Å²) in [7, 11) is -3.83. The molecule has 3 aromatic rings. The summed E-state index contributed by atoms with van der Waals surface area (Å²) in [5.41, 5.74) is 1.09. The number of carbonyl (C=O) groups excluding carboxylic acids is 1. The van der Waals surface area contributed by atoms with E-state index in [1.54, 1.807) is 25.1 Å². The Balaban J connectivity index is 1.60. The van der Waals surface area contributed by atoms with Gasteiger partial charge in [0.25, 0.3) is 15.9 Å². The molecule has 1 aromatic heterocycles. The fraction of sp³-hybridized carbons (Fsp3) is 0.105. The van der Waals surface area contributed by atoms with Gasteiger partial charge in [-0.3, -0.25) is 4.79 Å². The Labute approximate surface area is 162 Å². The number of aromatic nitrogens is 2. The summed E-state index contributed by atoms with van der Waals surface area (Å²) in [6.45, 7) is 1.58. The van der Waals surface area contributed by atoms with Crippen molar-refractivity contribution < 1.29 is 17.9 Å². The fourth-order valence-corrected chi connectivity index (χ4v) is 3.21. The van der Waals surface area contributed by atoms with Gasteiger partial charge in [0.2, 0.25) is 5.95 Å². The summed E-state index contributed by atoms with van der Waals surface area (Å²) >= 11 is 0. The normalized spacial score (nSPS) is 10.9. The Hall–Kier alpha value is -3.46. The van der Waals surface area contributed by atoms with Crippen molar-refractivity contribution >= 4 is 27.6 Å². The van der Waals surface area contributed by atoms with E-state index in [1.165, 1.54) is 30.5 Å². The van der Waals surface area contributed by atoms with Gasteiger partial charge in [-0.05, 0) is 49.4 Å². The molecule has 0 fully saturated rings. The van der Waals surface area contributed by atoms with Crippen LogP contribution in [0.3, 0.4) is 0 Å². The van der Waals surface area contributed by atoms with Gasteiger partial charge < -0.3 is 10.1 Å². The molecule has 2 N–H and O–H groups in total. The topological polar surface area (TPSA) is 110 Å². The number of aryl methyl sites for hydroxylation is 1. The zero-order valence-corrected chi connectivity index (χ0v) is 15.8. The van der Waals surface area contributed by atoms with E-state index in [4.69, 9.17) is 4.74 Å². The van der Waals surface area contributed by atoms with Crippen LogP contribution < -0.4 is 14.8 Å². The molecule has 0 aliphatic heterocycles. The maximum Gasteiger partial charge on any atom is 0.264 e. The monoisotopic (exact) mass is 398 g/mol. The van der Waals surface area contributed by atoms with Crippen LogP contribution in [0.4, 0.5) is 11.6 Å². The van der Waals surface area contributed by atoms with E-state index < -0.39 is 10.0 Å². The highest BCUT2D eigenvalue weighted by Gasteiger charge is 2.16. The van der Waals surface area contributed by atoms with Gasteiger partial charge in [0, 0.05) is 17.6 Å². The van der Waals surface area contributed by atoms with Crippen LogP contribution in [-0.4, -0.2) is 30.9 Å². The first-order valence-corrected chi connectivity index (χ1v) is 9.81. The highest BCUT2D eigenvalue weighted by Crippen LogP contribution is 2.17. The Kier molecular flexibility index (Phi) is 5.85. The fourth-order valence-electron chi connectivity index (χ4n) is 2.26. The second-order valence-electron chi connectivity index (χ2n) is 5.80. The third kappa shape index (κ3) is 5.27. The first kappa shape index (κ1) is 19.3. The van der Waals surface area contributed by atoms with Crippen LogP contribution in [0.15, 0.2) is 71.8 Å². The summed E-state index contributed by atoms with van der Waals surface area (Å²) in [5, 5.41) is 2.64. The van der Waals surface area contributed by atoms with Crippen molar-refractivity contribution in [2.75, 3.05) is 16.6 Å². The molecule has 0 saturated heterocycles. The molecule has 2 aromatic carbocycles.